The van der Waals surface area contributed by atoms with E-state index in [0.717, 1.165) is 26.7 Å². The molecule has 0 atom stereocenters. The number of ether oxygens (including phenoxy) is 2. The van der Waals surface area contributed by atoms with Gasteiger partial charge in [0.05, 0.1) is 0 Å². The number of halogens is 1. The number of hydrogen-bond donors (Lipinski definition) is 0. The van der Waals surface area contributed by atoms with Crippen LogP contribution in [0.4, 0.5) is 0 Å². The van der Waals surface area contributed by atoms with Gasteiger partial charge in [-0.3, -0.25) is 0 Å². The van der Waals surface area contributed by atoms with E-state index in [0.29, 0.717) is 11.5 Å². The fourth-order valence-electron chi connectivity index (χ4n) is 2.76. The summed E-state index contributed by atoms with van der Waals surface area (Å²) in [4.78, 5) is 12.1. The van der Waals surface area contributed by atoms with Gasteiger partial charge in [-0.1, -0.05) is 58.4 Å². The Labute approximate surface area is 161 Å². The first-order chi connectivity index (χ1) is 12.5. The first-order valence-electron chi connectivity index (χ1n) is 8.28. The van der Waals surface area contributed by atoms with Crippen molar-refractivity contribution in [3.63, 3.8) is 0 Å². The highest BCUT2D eigenvalue weighted by molar-refractivity contribution is 9.10. The summed E-state index contributed by atoms with van der Waals surface area (Å²) >= 11 is 3.45. The van der Waals surface area contributed by atoms with E-state index in [2.05, 4.69) is 15.9 Å². The van der Waals surface area contributed by atoms with E-state index in [1.54, 1.807) is 12.1 Å². The molecule has 0 unspecified atom stereocenters. The van der Waals surface area contributed by atoms with Gasteiger partial charge in [0.2, 0.25) is 0 Å². The van der Waals surface area contributed by atoms with Crippen molar-refractivity contribution in [2.45, 2.75) is 13.8 Å². The molecule has 0 saturated heterocycles. The molecule has 3 rings (SSSR count). The number of hydrogen-bond acceptors (Lipinski definition) is 3. The molecule has 0 spiro atoms. The molecule has 0 bridgehead atoms. The summed E-state index contributed by atoms with van der Waals surface area (Å²) in [5, 5.41) is 0. The highest BCUT2D eigenvalue weighted by Crippen LogP contribution is 2.27. The van der Waals surface area contributed by atoms with Crippen molar-refractivity contribution >= 4 is 21.9 Å². The Hall–Kier alpha value is -2.59. The molecule has 0 radical (unpaired) electrons. The third-order valence-corrected chi connectivity index (χ3v) is 4.41. The van der Waals surface area contributed by atoms with Crippen LogP contribution in [-0.4, -0.2) is 12.6 Å². The van der Waals surface area contributed by atoms with Crippen LogP contribution in [0.15, 0.2) is 71.2 Å². The van der Waals surface area contributed by atoms with E-state index in [1.807, 2.05) is 68.4 Å². The van der Waals surface area contributed by atoms with Crippen molar-refractivity contribution < 1.29 is 14.3 Å². The summed E-state index contributed by atoms with van der Waals surface area (Å²) in [6.45, 7) is 3.76. The molecule has 26 heavy (non-hydrogen) atoms. The summed E-state index contributed by atoms with van der Waals surface area (Å²) in [5.41, 5.74) is 4.13. The number of carbonyl (C=O) groups excluding carboxylic acids is 1. The molecule has 3 nitrogen and oxygen atoms in total. The van der Waals surface area contributed by atoms with Crippen molar-refractivity contribution in [1.82, 2.24) is 0 Å². The zero-order valence-electron chi connectivity index (χ0n) is 14.7. The fraction of sp³-hybridized carbons (Fsp3) is 0.136. The van der Waals surface area contributed by atoms with E-state index < -0.39 is 5.97 Å². The second-order valence-corrected chi connectivity index (χ2v) is 6.94. The minimum absolute atomic E-state index is 0.135. The highest BCUT2D eigenvalue weighted by Gasteiger charge is 2.10. The maximum atomic E-state index is 12.1. The van der Waals surface area contributed by atoms with E-state index in [-0.39, 0.29) is 6.61 Å². The Morgan fingerprint density at radius 3 is 2.08 bits per heavy atom. The van der Waals surface area contributed by atoms with E-state index in [9.17, 15) is 4.79 Å². The molecule has 132 valence electrons. The predicted octanol–water partition coefficient (Wildman–Crippen LogP) is 5.72. The van der Waals surface area contributed by atoms with E-state index in [4.69, 9.17) is 9.47 Å². The average molecular weight is 411 g/mol. The fourth-order valence-corrected chi connectivity index (χ4v) is 3.45. The van der Waals surface area contributed by atoms with Gasteiger partial charge in [0, 0.05) is 4.47 Å². The second kappa shape index (κ2) is 8.19. The van der Waals surface area contributed by atoms with Crippen molar-refractivity contribution in [3.8, 4) is 22.6 Å². The van der Waals surface area contributed by atoms with Gasteiger partial charge in [0.15, 0.2) is 6.61 Å². The molecule has 0 heterocycles. The van der Waals surface area contributed by atoms with E-state index >= 15 is 0 Å². The van der Waals surface area contributed by atoms with Crippen molar-refractivity contribution in [2.24, 2.45) is 0 Å². The Morgan fingerprint density at radius 1 is 0.885 bits per heavy atom. The zero-order valence-corrected chi connectivity index (χ0v) is 16.2. The third kappa shape index (κ3) is 4.52. The molecule has 3 aromatic carbocycles. The van der Waals surface area contributed by atoms with E-state index in [1.165, 1.54) is 0 Å². The average Bonchev–Trinajstić information content (AvgIpc) is 2.62. The molecule has 0 amide bonds. The molecule has 0 aliphatic heterocycles. The summed E-state index contributed by atoms with van der Waals surface area (Å²) < 4.78 is 12.0. The molecule has 0 N–H and O–H groups in total. The monoisotopic (exact) mass is 410 g/mol. The largest absolute Gasteiger partial charge is 0.481 e. The quantitative estimate of drug-likeness (QED) is 0.398. The van der Waals surface area contributed by atoms with Crippen LogP contribution in [0.3, 0.4) is 0 Å². The number of esters is 1. The van der Waals surface area contributed by atoms with Crippen LogP contribution in [0.1, 0.15) is 11.1 Å². The van der Waals surface area contributed by atoms with Gasteiger partial charge in [-0.15, -0.1) is 0 Å². The number of benzene rings is 3. The van der Waals surface area contributed by atoms with Crippen LogP contribution >= 0.6 is 15.9 Å². The molecule has 0 aliphatic rings. The molecule has 0 fully saturated rings. The van der Waals surface area contributed by atoms with Crippen LogP contribution in [-0.2, 0) is 4.79 Å². The standard InChI is InChI=1S/C22H19BrO3/c1-15-12-19(23)13-16(2)22(15)25-14-21(24)26-20-10-8-18(9-11-20)17-6-4-3-5-7-17/h3-13H,14H2,1-2H3. The minimum Gasteiger partial charge on any atom is -0.481 e. The minimum atomic E-state index is -0.431. The maximum Gasteiger partial charge on any atom is 0.349 e. The lowest BCUT2D eigenvalue weighted by Gasteiger charge is -2.12. The predicted molar refractivity (Wildman–Crippen MR) is 107 cm³/mol. The molecule has 4 heteroatoms. The Bertz CT molecular complexity index is 879. The number of rotatable bonds is 5. The van der Waals surface area contributed by atoms with Gasteiger partial charge in [0.25, 0.3) is 0 Å². The molecule has 3 aromatic rings. The van der Waals surface area contributed by atoms with Crippen molar-refractivity contribution in [2.75, 3.05) is 6.61 Å². The second-order valence-electron chi connectivity index (χ2n) is 6.02. The third-order valence-electron chi connectivity index (χ3n) is 3.95. The smallest absolute Gasteiger partial charge is 0.349 e. The van der Waals surface area contributed by atoms with Gasteiger partial charge in [-0.25, -0.2) is 4.79 Å². The van der Waals surface area contributed by atoms with Gasteiger partial charge in [-0.2, -0.15) is 0 Å². The van der Waals surface area contributed by atoms with Crippen LogP contribution < -0.4 is 9.47 Å². The van der Waals surface area contributed by atoms with Crippen molar-refractivity contribution in [1.29, 1.82) is 0 Å². The molecule has 0 aromatic heterocycles. The first-order valence-corrected chi connectivity index (χ1v) is 9.08. The van der Waals surface area contributed by atoms with Crippen LogP contribution in [0.5, 0.6) is 11.5 Å². The summed E-state index contributed by atoms with van der Waals surface area (Å²) in [6.07, 6.45) is 0. The van der Waals surface area contributed by atoms with Crippen LogP contribution in [0, 0.1) is 13.8 Å². The van der Waals surface area contributed by atoms with Crippen LogP contribution in [0.2, 0.25) is 0 Å². The Morgan fingerprint density at radius 2 is 1.46 bits per heavy atom. The van der Waals surface area contributed by atoms with Gasteiger partial charge >= 0.3 is 5.97 Å². The summed E-state index contributed by atoms with van der Waals surface area (Å²) in [7, 11) is 0. The lowest BCUT2D eigenvalue weighted by Crippen LogP contribution is -2.18. The van der Waals surface area contributed by atoms with Crippen LogP contribution in [0.25, 0.3) is 11.1 Å². The molecule has 0 saturated carbocycles. The topological polar surface area (TPSA) is 35.5 Å². The maximum absolute atomic E-state index is 12.1. The molecular formula is C22H19BrO3. The lowest BCUT2D eigenvalue weighted by atomic mass is 10.1. The van der Waals surface area contributed by atoms with Gasteiger partial charge < -0.3 is 9.47 Å². The molecular weight excluding hydrogens is 392 g/mol. The first kappa shape index (κ1) is 18.2. The Balaban J connectivity index is 1.60. The zero-order chi connectivity index (χ0) is 18.5. The molecule has 0 aliphatic carbocycles. The number of aryl methyl sites for hydroxylation is 2. The normalized spacial score (nSPS) is 10.4. The summed E-state index contributed by atoms with van der Waals surface area (Å²) in [6, 6.07) is 21.4. The summed E-state index contributed by atoms with van der Waals surface area (Å²) in [5.74, 6) is 0.784. The lowest BCUT2D eigenvalue weighted by molar-refractivity contribution is -0.136. The van der Waals surface area contributed by atoms with Crippen molar-refractivity contribution in [3.05, 3.63) is 82.3 Å². The van der Waals surface area contributed by atoms with Gasteiger partial charge in [0.1, 0.15) is 11.5 Å². The highest BCUT2D eigenvalue weighted by atomic mass is 79.9. The number of carbonyl (C=O) groups is 1. The SMILES string of the molecule is Cc1cc(Br)cc(C)c1OCC(=O)Oc1ccc(-c2ccccc2)cc1. The Kier molecular flexibility index (Phi) is 5.74. The van der Waals surface area contributed by atoms with Gasteiger partial charge in [-0.05, 0) is 60.4 Å².